The van der Waals surface area contributed by atoms with Gasteiger partial charge in [-0.15, -0.1) is 0 Å². The molecule has 1 aromatic rings. The molecule has 0 amide bonds. The molecule has 2 nitrogen and oxygen atoms in total. The van der Waals surface area contributed by atoms with Crippen molar-refractivity contribution in [3.05, 3.63) is 23.5 Å². The van der Waals surface area contributed by atoms with Crippen LogP contribution in [0.25, 0.3) is 0 Å². The quantitative estimate of drug-likeness (QED) is 0.798. The Morgan fingerprint density at radius 2 is 1.80 bits per heavy atom. The Morgan fingerprint density at radius 1 is 1.25 bits per heavy atom. The molecule has 0 aliphatic heterocycles. The molecule has 0 unspecified atom stereocenters. The van der Waals surface area contributed by atoms with E-state index in [-0.39, 0.29) is 17.1 Å². The van der Waals surface area contributed by atoms with E-state index < -0.39 is 20.2 Å². The lowest BCUT2D eigenvalue weighted by Gasteiger charge is -2.36. The number of hydrogen-bond donors (Lipinski definition) is 0. The van der Waals surface area contributed by atoms with Crippen LogP contribution in [-0.4, -0.2) is 21.1 Å². The first-order valence-corrected chi connectivity index (χ1v) is 9.21. The van der Waals surface area contributed by atoms with E-state index in [1.807, 2.05) is 13.1 Å². The van der Waals surface area contributed by atoms with Crippen LogP contribution in [0, 0.1) is 0 Å². The molecule has 0 fully saturated rings. The van der Waals surface area contributed by atoms with Crippen molar-refractivity contribution >= 4 is 21.6 Å². The molecule has 0 aliphatic carbocycles. The molecule has 0 bridgehead atoms. The third-order valence-corrected chi connectivity index (χ3v) is 8.19. The first-order valence-electron chi connectivity index (χ1n) is 6.30. The number of nitrogens with zero attached hydrogens (tertiary/aromatic N) is 1. The second kappa shape index (κ2) is 5.52. The number of aromatic nitrogens is 1. The average Bonchev–Trinajstić information content (AvgIpc) is 2.24. The van der Waals surface area contributed by atoms with Gasteiger partial charge in [0.1, 0.15) is 13.5 Å². The molecule has 7 heteroatoms. The number of rotatable bonds is 3. The zero-order valence-electron chi connectivity index (χ0n) is 12.4. The molecule has 2 radical (unpaired) electrons. The van der Waals surface area contributed by atoms with E-state index in [1.54, 1.807) is 0 Å². The van der Waals surface area contributed by atoms with Crippen LogP contribution in [0.2, 0.25) is 18.1 Å². The zero-order valence-corrected chi connectivity index (χ0v) is 13.4. The van der Waals surface area contributed by atoms with Gasteiger partial charge in [0.25, 0.3) is 0 Å². The lowest BCUT2D eigenvalue weighted by Crippen LogP contribution is -2.41. The minimum atomic E-state index is -4.47. The molecule has 0 saturated heterocycles. The first kappa shape index (κ1) is 17.2. The molecule has 0 N–H and O–H groups in total. The lowest BCUT2D eigenvalue weighted by molar-refractivity contribution is -0.141. The fourth-order valence-corrected chi connectivity index (χ4v) is 2.21. The number of halogens is 3. The van der Waals surface area contributed by atoms with E-state index in [0.717, 1.165) is 12.3 Å². The summed E-state index contributed by atoms with van der Waals surface area (Å²) in [6.45, 7) is 10.3. The van der Waals surface area contributed by atoms with Crippen molar-refractivity contribution < 1.29 is 17.6 Å². The predicted molar refractivity (Wildman–Crippen MR) is 76.6 cm³/mol. The van der Waals surface area contributed by atoms with Gasteiger partial charge in [-0.3, -0.25) is 4.98 Å². The topological polar surface area (TPSA) is 22.1 Å². The fourth-order valence-electron chi connectivity index (χ4n) is 1.26. The third-order valence-electron chi connectivity index (χ3n) is 3.71. The van der Waals surface area contributed by atoms with Crippen LogP contribution < -0.4 is 5.46 Å². The Balaban J connectivity index is 2.94. The Kier molecular flexibility index (Phi) is 4.76. The largest absolute Gasteiger partial charge is 0.433 e. The number of pyridine rings is 1. The maximum Gasteiger partial charge on any atom is 0.433 e. The normalized spacial score (nSPS) is 13.6. The van der Waals surface area contributed by atoms with Crippen LogP contribution >= 0.6 is 0 Å². The van der Waals surface area contributed by atoms with Crippen LogP contribution in [-0.2, 0) is 17.2 Å². The van der Waals surface area contributed by atoms with E-state index in [2.05, 4.69) is 25.8 Å². The maximum atomic E-state index is 12.6. The van der Waals surface area contributed by atoms with Crippen molar-refractivity contribution in [3.8, 4) is 0 Å². The molecule has 0 aromatic carbocycles. The van der Waals surface area contributed by atoms with Gasteiger partial charge in [-0.1, -0.05) is 26.2 Å². The number of hydrogen-bond acceptors (Lipinski definition) is 2. The summed E-state index contributed by atoms with van der Waals surface area (Å²) in [5.41, 5.74) is -0.394. The number of alkyl halides is 3. The Bertz CT molecular complexity index is 483. The van der Waals surface area contributed by atoms with Gasteiger partial charge in [-0.25, -0.2) is 0 Å². The van der Waals surface area contributed by atoms with Crippen molar-refractivity contribution in [1.82, 2.24) is 4.98 Å². The highest BCUT2D eigenvalue weighted by Gasteiger charge is 2.37. The van der Waals surface area contributed by atoms with Gasteiger partial charge in [-0.2, -0.15) is 13.2 Å². The molecular formula is C13H19BF3NOSi. The SMILES string of the molecule is [B]c1cnc(C(F)(F)F)cc1CO[Si](C)(C)C(C)(C)C. The summed E-state index contributed by atoms with van der Waals surface area (Å²) in [6, 6.07) is 0.961. The van der Waals surface area contributed by atoms with Crippen LogP contribution in [0.1, 0.15) is 32.0 Å². The molecule has 0 saturated carbocycles. The minimum Gasteiger partial charge on any atom is -0.413 e. The second-order valence-corrected chi connectivity index (χ2v) is 11.1. The summed E-state index contributed by atoms with van der Waals surface area (Å²) in [5.74, 6) is 0. The van der Waals surface area contributed by atoms with Gasteiger partial charge >= 0.3 is 6.18 Å². The average molecular weight is 301 g/mol. The molecule has 1 heterocycles. The molecule has 0 aliphatic rings. The van der Waals surface area contributed by atoms with E-state index in [1.165, 1.54) is 0 Å². The first-order chi connectivity index (χ1) is 8.84. The summed E-state index contributed by atoms with van der Waals surface area (Å²) in [7, 11) is 3.65. The summed E-state index contributed by atoms with van der Waals surface area (Å²) >= 11 is 0. The fraction of sp³-hybridized carbons (Fsp3) is 0.615. The maximum absolute atomic E-state index is 12.6. The van der Waals surface area contributed by atoms with Gasteiger partial charge in [-0.05, 0) is 29.8 Å². The highest BCUT2D eigenvalue weighted by Crippen LogP contribution is 2.37. The lowest BCUT2D eigenvalue weighted by atomic mass is 9.92. The second-order valence-electron chi connectivity index (χ2n) is 6.32. The summed E-state index contributed by atoms with van der Waals surface area (Å²) in [6.07, 6.45) is -3.44. The van der Waals surface area contributed by atoms with E-state index in [4.69, 9.17) is 12.3 Å². The van der Waals surface area contributed by atoms with Gasteiger partial charge < -0.3 is 4.43 Å². The Hall–Kier alpha value is -0.818. The summed E-state index contributed by atoms with van der Waals surface area (Å²) in [4.78, 5) is 3.31. The molecule has 20 heavy (non-hydrogen) atoms. The Labute approximate surface area is 120 Å². The van der Waals surface area contributed by atoms with Crippen molar-refractivity contribution in [1.29, 1.82) is 0 Å². The van der Waals surface area contributed by atoms with Crippen LogP contribution in [0.4, 0.5) is 13.2 Å². The standard InChI is InChI=1S/C13H19BF3NOSi/c1-12(2,3)20(4,5)19-8-9-6-11(13(15,16)17)18-7-10(9)14/h6-7H,8H2,1-5H3. The predicted octanol–water partition coefficient (Wildman–Crippen LogP) is 3.42. The van der Waals surface area contributed by atoms with Crippen LogP contribution in [0.3, 0.4) is 0 Å². The zero-order chi connectivity index (χ0) is 15.8. The molecule has 0 atom stereocenters. The van der Waals surface area contributed by atoms with E-state index in [0.29, 0.717) is 5.56 Å². The smallest absolute Gasteiger partial charge is 0.413 e. The third kappa shape index (κ3) is 4.09. The van der Waals surface area contributed by atoms with Gasteiger partial charge in [0.2, 0.25) is 0 Å². The highest BCUT2D eigenvalue weighted by atomic mass is 28.4. The summed E-state index contributed by atoms with van der Waals surface area (Å²) in [5, 5.41) is -0.0123. The van der Waals surface area contributed by atoms with E-state index in [9.17, 15) is 13.2 Å². The van der Waals surface area contributed by atoms with Gasteiger partial charge in [0.05, 0.1) is 6.61 Å². The highest BCUT2D eigenvalue weighted by molar-refractivity contribution is 6.74. The van der Waals surface area contributed by atoms with E-state index >= 15 is 0 Å². The van der Waals surface area contributed by atoms with Crippen molar-refractivity contribution in [2.45, 2.75) is 51.7 Å². The van der Waals surface area contributed by atoms with Gasteiger partial charge in [0, 0.05) is 6.20 Å². The van der Waals surface area contributed by atoms with Crippen molar-refractivity contribution in [3.63, 3.8) is 0 Å². The molecule has 1 aromatic heterocycles. The minimum absolute atomic E-state index is 0.0123. The molecular weight excluding hydrogens is 282 g/mol. The van der Waals surface area contributed by atoms with Gasteiger partial charge in [0.15, 0.2) is 8.32 Å². The summed E-state index contributed by atoms with van der Waals surface area (Å²) < 4.78 is 43.8. The molecule has 110 valence electrons. The monoisotopic (exact) mass is 301 g/mol. The van der Waals surface area contributed by atoms with Crippen molar-refractivity contribution in [2.24, 2.45) is 0 Å². The Morgan fingerprint density at radius 3 is 2.25 bits per heavy atom. The van der Waals surface area contributed by atoms with Crippen LogP contribution in [0.5, 0.6) is 0 Å². The molecule has 0 spiro atoms. The van der Waals surface area contributed by atoms with Crippen LogP contribution in [0.15, 0.2) is 12.3 Å². The van der Waals surface area contributed by atoms with Crippen molar-refractivity contribution in [2.75, 3.05) is 0 Å². The molecule has 1 rings (SSSR count).